The Morgan fingerprint density at radius 3 is 0.824 bits per heavy atom. The maximum atomic E-state index is 12.9. The summed E-state index contributed by atoms with van der Waals surface area (Å²) in [5.41, 5.74) is 0. The molecule has 0 spiro atoms. The van der Waals surface area contributed by atoms with E-state index in [1.165, 1.54) is 186 Å². The van der Waals surface area contributed by atoms with E-state index in [0.717, 1.165) is 96.3 Å². The van der Waals surface area contributed by atoms with Crippen LogP contribution in [0.2, 0.25) is 0 Å². The zero-order valence-electron chi connectivity index (χ0n) is 49.1. The molecule has 0 saturated carbocycles. The first-order valence-corrected chi connectivity index (χ1v) is 31.9. The minimum absolute atomic E-state index is 0.0713. The van der Waals surface area contributed by atoms with Crippen molar-refractivity contribution in [2.24, 2.45) is 0 Å². The molecular weight excluding hydrogens is 913 g/mol. The lowest BCUT2D eigenvalue weighted by Crippen LogP contribution is -2.30. The zero-order valence-corrected chi connectivity index (χ0v) is 49.1. The Morgan fingerprint density at radius 2 is 0.527 bits per heavy atom. The Hall–Kier alpha value is -3.15. The van der Waals surface area contributed by atoms with Crippen LogP contribution in [0.4, 0.5) is 0 Å². The van der Waals surface area contributed by atoms with E-state index in [1.54, 1.807) is 0 Å². The molecule has 0 radical (unpaired) electrons. The third-order valence-electron chi connectivity index (χ3n) is 14.0. The number of allylic oxidation sites excluding steroid dienone is 12. The second kappa shape index (κ2) is 62.4. The van der Waals surface area contributed by atoms with Crippen LogP contribution < -0.4 is 0 Å². The fourth-order valence-corrected chi connectivity index (χ4v) is 9.21. The third kappa shape index (κ3) is 59.7. The van der Waals surface area contributed by atoms with Gasteiger partial charge in [-0.25, -0.2) is 0 Å². The molecule has 74 heavy (non-hydrogen) atoms. The second-order valence-electron chi connectivity index (χ2n) is 21.3. The monoisotopic (exact) mass is 1030 g/mol. The van der Waals surface area contributed by atoms with Crippen molar-refractivity contribution in [3.8, 4) is 0 Å². The molecule has 0 saturated heterocycles. The minimum Gasteiger partial charge on any atom is -0.462 e. The quantitative estimate of drug-likeness (QED) is 0.0261. The topological polar surface area (TPSA) is 78.9 Å². The van der Waals surface area contributed by atoms with Gasteiger partial charge in [-0.05, 0) is 70.6 Å². The highest BCUT2D eigenvalue weighted by Crippen LogP contribution is 2.17. The number of hydrogen-bond acceptors (Lipinski definition) is 6. The van der Waals surface area contributed by atoms with Crippen LogP contribution in [0, 0.1) is 0 Å². The van der Waals surface area contributed by atoms with Gasteiger partial charge in [-0.1, -0.05) is 306 Å². The summed E-state index contributed by atoms with van der Waals surface area (Å²) >= 11 is 0. The molecule has 0 aliphatic heterocycles. The zero-order chi connectivity index (χ0) is 53.6. The number of carbonyl (C=O) groups is 3. The highest BCUT2D eigenvalue weighted by Gasteiger charge is 2.19. The molecule has 0 bridgehead atoms. The van der Waals surface area contributed by atoms with E-state index in [0.29, 0.717) is 19.3 Å². The van der Waals surface area contributed by atoms with Gasteiger partial charge in [-0.2, -0.15) is 0 Å². The van der Waals surface area contributed by atoms with E-state index in [1.807, 2.05) is 0 Å². The molecule has 0 aliphatic carbocycles. The smallest absolute Gasteiger partial charge is 0.306 e. The molecule has 1 atom stereocenters. The predicted molar refractivity (Wildman–Crippen MR) is 321 cm³/mol. The minimum atomic E-state index is -0.773. The van der Waals surface area contributed by atoms with Crippen LogP contribution in [0.25, 0.3) is 0 Å². The van der Waals surface area contributed by atoms with Crippen LogP contribution in [0.5, 0.6) is 0 Å². The van der Waals surface area contributed by atoms with Crippen LogP contribution in [-0.4, -0.2) is 37.2 Å². The molecule has 6 heteroatoms. The fraction of sp³-hybridized carbons (Fsp3) is 0.779. The molecule has 0 aromatic carbocycles. The van der Waals surface area contributed by atoms with Crippen molar-refractivity contribution >= 4 is 17.9 Å². The van der Waals surface area contributed by atoms with Crippen molar-refractivity contribution < 1.29 is 28.6 Å². The highest BCUT2D eigenvalue weighted by atomic mass is 16.6. The lowest BCUT2D eigenvalue weighted by molar-refractivity contribution is -0.167. The standard InChI is InChI=1S/C68H120O6/c1-4-7-10-13-16-19-22-24-26-28-29-30-31-32-33-34-35-36-37-38-39-41-42-44-46-49-52-55-58-61-67(70)73-64-65(63-72-66(69)60-57-54-51-48-21-18-15-12-9-6-3)74-68(71)62-59-56-53-50-47-45-43-40-27-25-23-20-17-14-11-8-5-2/h7,10,16,19,24,26,29-30,32-33,35-36,65H,4-6,8-9,11-15,17-18,20-23,25,27-28,31,34,37-64H2,1-3H3/b10-7-,19-16-,26-24-,30-29-,33-32-,36-35-. The summed E-state index contributed by atoms with van der Waals surface area (Å²) in [5, 5.41) is 0. The average molecular weight is 1030 g/mol. The molecule has 0 amide bonds. The van der Waals surface area contributed by atoms with E-state index in [9.17, 15) is 14.4 Å². The summed E-state index contributed by atoms with van der Waals surface area (Å²) in [6, 6.07) is 0. The molecular formula is C68H120O6. The molecule has 1 unspecified atom stereocenters. The van der Waals surface area contributed by atoms with E-state index in [2.05, 4.69) is 93.7 Å². The molecule has 0 heterocycles. The third-order valence-corrected chi connectivity index (χ3v) is 14.0. The van der Waals surface area contributed by atoms with Crippen molar-refractivity contribution in [3.63, 3.8) is 0 Å². The normalized spacial score (nSPS) is 12.5. The van der Waals surface area contributed by atoms with E-state index in [4.69, 9.17) is 14.2 Å². The average Bonchev–Trinajstić information content (AvgIpc) is 3.40. The van der Waals surface area contributed by atoms with Gasteiger partial charge >= 0.3 is 17.9 Å². The molecule has 0 fully saturated rings. The summed E-state index contributed by atoms with van der Waals surface area (Å²) in [7, 11) is 0. The van der Waals surface area contributed by atoms with Crippen molar-refractivity contribution in [2.75, 3.05) is 13.2 Å². The van der Waals surface area contributed by atoms with Crippen LogP contribution in [-0.2, 0) is 28.6 Å². The second-order valence-corrected chi connectivity index (χ2v) is 21.3. The summed E-state index contributed by atoms with van der Waals surface area (Å²) in [4.78, 5) is 38.2. The first-order chi connectivity index (χ1) is 36.5. The number of esters is 3. The van der Waals surface area contributed by atoms with E-state index >= 15 is 0 Å². The number of hydrogen-bond donors (Lipinski definition) is 0. The molecule has 0 aromatic heterocycles. The number of rotatable bonds is 58. The van der Waals surface area contributed by atoms with Crippen molar-refractivity contribution in [3.05, 3.63) is 72.9 Å². The van der Waals surface area contributed by atoms with Gasteiger partial charge in [0.15, 0.2) is 6.10 Å². The summed E-state index contributed by atoms with van der Waals surface area (Å²) in [6.07, 6.45) is 80.6. The van der Waals surface area contributed by atoms with Crippen LogP contribution >= 0.6 is 0 Å². The predicted octanol–water partition coefficient (Wildman–Crippen LogP) is 21.7. The summed E-state index contributed by atoms with van der Waals surface area (Å²) in [5.74, 6) is -0.861. The van der Waals surface area contributed by atoms with Gasteiger partial charge in [0.05, 0.1) is 0 Å². The molecule has 0 aromatic rings. The SMILES string of the molecule is CC/C=C\C/C=C\C/C=C\C/C=C\C/C=C\C/C=C\CCCCCCCCCCCCC(=O)OCC(COC(=O)CCCCCCCCCCCC)OC(=O)CCCCCCCCCCCCCCCCCCC. The first-order valence-electron chi connectivity index (χ1n) is 31.9. The molecule has 6 nitrogen and oxygen atoms in total. The summed E-state index contributed by atoms with van der Waals surface area (Å²) in [6.45, 7) is 6.55. The highest BCUT2D eigenvalue weighted by molar-refractivity contribution is 5.71. The maximum Gasteiger partial charge on any atom is 0.306 e. The number of unbranched alkanes of at least 4 members (excludes halogenated alkanes) is 35. The lowest BCUT2D eigenvalue weighted by atomic mass is 10.0. The van der Waals surface area contributed by atoms with Gasteiger partial charge in [-0.15, -0.1) is 0 Å². The van der Waals surface area contributed by atoms with Crippen LogP contribution in [0.1, 0.15) is 323 Å². The lowest BCUT2D eigenvalue weighted by Gasteiger charge is -2.18. The maximum absolute atomic E-state index is 12.9. The van der Waals surface area contributed by atoms with Crippen molar-refractivity contribution in [2.45, 2.75) is 329 Å². The summed E-state index contributed by atoms with van der Waals surface area (Å²) < 4.78 is 16.9. The van der Waals surface area contributed by atoms with Crippen LogP contribution in [0.3, 0.4) is 0 Å². The van der Waals surface area contributed by atoms with E-state index < -0.39 is 6.10 Å². The van der Waals surface area contributed by atoms with E-state index in [-0.39, 0.29) is 31.1 Å². The Bertz CT molecular complexity index is 1370. The number of carbonyl (C=O) groups excluding carboxylic acids is 3. The molecule has 0 aliphatic rings. The van der Waals surface area contributed by atoms with Gasteiger partial charge in [0.1, 0.15) is 13.2 Å². The largest absolute Gasteiger partial charge is 0.462 e. The van der Waals surface area contributed by atoms with Gasteiger partial charge in [0.25, 0.3) is 0 Å². The Labute approximate surface area is 459 Å². The first kappa shape index (κ1) is 70.8. The fourth-order valence-electron chi connectivity index (χ4n) is 9.21. The van der Waals surface area contributed by atoms with Crippen LogP contribution in [0.15, 0.2) is 72.9 Å². The molecule has 428 valence electrons. The number of ether oxygens (including phenoxy) is 3. The Balaban J connectivity index is 4.20. The van der Waals surface area contributed by atoms with Gasteiger partial charge in [0, 0.05) is 19.3 Å². The van der Waals surface area contributed by atoms with Crippen molar-refractivity contribution in [1.82, 2.24) is 0 Å². The van der Waals surface area contributed by atoms with Gasteiger partial charge < -0.3 is 14.2 Å². The van der Waals surface area contributed by atoms with Gasteiger partial charge in [0.2, 0.25) is 0 Å². The van der Waals surface area contributed by atoms with Gasteiger partial charge in [-0.3, -0.25) is 14.4 Å². The Kier molecular flexibility index (Phi) is 59.7. The molecule has 0 N–H and O–H groups in total. The molecule has 0 rings (SSSR count). The van der Waals surface area contributed by atoms with Crippen molar-refractivity contribution in [1.29, 1.82) is 0 Å². The Morgan fingerprint density at radius 1 is 0.284 bits per heavy atom.